The third kappa shape index (κ3) is 17.7. The number of hydrogen-bond acceptors (Lipinski definition) is 0. The average molecular weight is 1470 g/mol. The molecule has 0 saturated carbocycles. The molecule has 0 saturated heterocycles. The van der Waals surface area contributed by atoms with Crippen molar-refractivity contribution in [3.05, 3.63) is 294 Å². The smallest absolute Gasteiger partial charge is 0.196 e. The summed E-state index contributed by atoms with van der Waals surface area (Å²) in [6, 6.07) is 71.7. The van der Waals surface area contributed by atoms with E-state index in [0.717, 1.165) is 17.5 Å². The minimum Gasteiger partial charge on any atom is -0.196 e. The molecule has 0 atom stereocenters. The Morgan fingerprint density at radius 3 is 0.700 bits per heavy atom. The molecule has 0 nitrogen and oxygen atoms in total. The van der Waals surface area contributed by atoms with Crippen LogP contribution in [0.3, 0.4) is 0 Å². The van der Waals surface area contributed by atoms with Crippen molar-refractivity contribution in [2.45, 2.75) is 300 Å². The van der Waals surface area contributed by atoms with Gasteiger partial charge in [0.1, 0.15) is 0 Å². The zero-order valence-electron chi connectivity index (χ0n) is 73.4. The fourth-order valence-electron chi connectivity index (χ4n) is 16.0. The molecule has 0 spiro atoms. The van der Waals surface area contributed by atoms with Crippen LogP contribution in [-0.4, -0.2) is 0 Å². The van der Waals surface area contributed by atoms with Crippen LogP contribution in [0.4, 0.5) is 8.78 Å². The quantitative estimate of drug-likeness (QED) is 0.133. The fraction of sp³-hybridized carbons (Fsp3) is 0.426. The van der Waals surface area contributed by atoms with Crippen molar-refractivity contribution < 1.29 is 8.78 Å². The summed E-state index contributed by atoms with van der Waals surface area (Å²) in [4.78, 5) is 0. The topological polar surface area (TPSA) is 0 Å². The van der Waals surface area contributed by atoms with Gasteiger partial charge in [-0.15, -0.1) is 0 Å². The van der Waals surface area contributed by atoms with E-state index in [1.54, 1.807) is 12.1 Å². The Labute approximate surface area is 664 Å². The lowest BCUT2D eigenvalue weighted by molar-refractivity contribution is 0.0477. The van der Waals surface area contributed by atoms with Crippen LogP contribution < -0.4 is 0 Å². The highest BCUT2D eigenvalue weighted by Crippen LogP contribution is 2.54. The lowest BCUT2D eigenvalue weighted by Crippen LogP contribution is -2.16. The molecule has 4 aliphatic rings. The Hall–Kier alpha value is -8.20. The zero-order valence-corrected chi connectivity index (χ0v) is 73.4. The summed E-state index contributed by atoms with van der Waals surface area (Å²) in [5.41, 5.74) is 33.9. The number of alkyl halides is 2. The molecular weight excluding hydrogens is 1340 g/mol. The zero-order chi connectivity index (χ0) is 81.1. The summed E-state index contributed by atoms with van der Waals surface area (Å²) < 4.78 is 30.1. The SMILES string of the molecule is CC(C)(C)c1ccc2c(c1)C(F)(F)c1cc(C(C)(C)C)ccc1-2.CC(C)(C)c1ccc2c(c1)CCc1cc(C(C)(C)C)ccc1-2.CC(C)(C)c1ccc2c(c1)Cc1cc(C(C)(C)C)ccc1-2.CC(C)(C)c1ccc2cc3cc(C(C)(C)C)ccc3cc2c1.CC1c2cc(C(C)(C)C)ccc2-c2ccc(C(C)(C)C)cc21. The maximum absolute atomic E-state index is 15.1. The summed E-state index contributed by atoms with van der Waals surface area (Å²) in [6.45, 7) is 69.5. The van der Waals surface area contributed by atoms with Gasteiger partial charge in [0.25, 0.3) is 5.92 Å². The number of aryl methyl sites for hydroxylation is 2. The van der Waals surface area contributed by atoms with Gasteiger partial charge in [-0.2, -0.15) is 8.78 Å². The third-order valence-electron chi connectivity index (χ3n) is 23.8. The van der Waals surface area contributed by atoms with Gasteiger partial charge in [-0.25, -0.2) is 0 Å². The molecule has 0 aliphatic heterocycles. The van der Waals surface area contributed by atoms with Crippen molar-refractivity contribution in [2.24, 2.45) is 0 Å². The summed E-state index contributed by atoms with van der Waals surface area (Å²) >= 11 is 0. The number of hydrogen-bond donors (Lipinski definition) is 0. The van der Waals surface area contributed by atoms with Crippen LogP contribution in [0.1, 0.15) is 321 Å². The standard InChI is InChI=1S/C22H28.C22H26.C22H28.C21H24F2.C21H26/c1-14-19-12-15(21(2,3)4)8-10-17(19)18-11-9-16(13-20(14)18)22(5,6)7;1-21(2,3)19-9-7-15-12-18-14-20(22(4,5)6)10-8-16(18)11-17(15)13-19;1-21(2,3)17-9-11-19-15(13-17)7-8-16-14-18(22(4,5)6)10-12-20(16)19;1-19(2,3)13-7-9-15-16-10-8-14(20(4,5)6)12-18(16)21(22,23)17(15)11-13;1-20(2,3)16-7-9-18-14(12-16)11-15-13-17(21(4,5)6)8-10-19(15)18/h8-14H,1-7H3;7-14H,1-6H3;9-14H,7-8H2,1-6H3;7-12H,1-6H3;7-10,12-13H,11H2,1-6H3. The number of rotatable bonds is 0. The molecule has 110 heavy (non-hydrogen) atoms. The van der Waals surface area contributed by atoms with Gasteiger partial charge in [-0.3, -0.25) is 0 Å². The molecule has 0 amide bonds. The van der Waals surface area contributed by atoms with E-state index in [9.17, 15) is 0 Å². The van der Waals surface area contributed by atoms with Crippen molar-refractivity contribution in [2.75, 3.05) is 0 Å². The Morgan fingerprint density at radius 1 is 0.218 bits per heavy atom. The van der Waals surface area contributed by atoms with Gasteiger partial charge in [0.05, 0.1) is 0 Å². The largest absolute Gasteiger partial charge is 0.299 e. The van der Waals surface area contributed by atoms with E-state index in [0.29, 0.717) is 17.0 Å². The lowest BCUT2D eigenvalue weighted by Gasteiger charge is -2.27. The first-order valence-electron chi connectivity index (χ1n) is 41.0. The van der Waals surface area contributed by atoms with E-state index in [-0.39, 0.29) is 65.3 Å². The van der Waals surface area contributed by atoms with Crippen LogP contribution in [-0.2, 0) is 79.3 Å². The van der Waals surface area contributed by atoms with Crippen LogP contribution in [0.15, 0.2) is 194 Å². The molecule has 578 valence electrons. The highest BCUT2D eigenvalue weighted by atomic mass is 19.3. The Balaban J connectivity index is 0.000000136. The molecule has 4 aliphatic carbocycles. The molecule has 0 N–H and O–H groups in total. The second-order valence-electron chi connectivity index (χ2n) is 43.1. The lowest BCUT2D eigenvalue weighted by atomic mass is 9.78. The van der Waals surface area contributed by atoms with Crippen LogP contribution in [0, 0.1) is 0 Å². The monoisotopic (exact) mass is 1470 g/mol. The minimum absolute atomic E-state index is 0.142. The second kappa shape index (κ2) is 29.1. The maximum atomic E-state index is 15.1. The molecule has 15 rings (SSSR count). The number of fused-ring (bicyclic) bond motifs is 14. The van der Waals surface area contributed by atoms with E-state index in [2.05, 4.69) is 331 Å². The highest BCUT2D eigenvalue weighted by molar-refractivity contribution is 5.99. The molecule has 11 aromatic carbocycles. The summed E-state index contributed by atoms with van der Waals surface area (Å²) in [6.07, 6.45) is 3.41. The molecule has 0 heterocycles. The van der Waals surface area contributed by atoms with Crippen molar-refractivity contribution >= 4 is 21.5 Å². The first-order valence-corrected chi connectivity index (χ1v) is 41.0. The van der Waals surface area contributed by atoms with Crippen LogP contribution >= 0.6 is 0 Å². The predicted molar refractivity (Wildman–Crippen MR) is 477 cm³/mol. The van der Waals surface area contributed by atoms with Gasteiger partial charge in [0.2, 0.25) is 0 Å². The molecule has 0 radical (unpaired) electrons. The van der Waals surface area contributed by atoms with Crippen LogP contribution in [0.25, 0.3) is 66.1 Å². The normalized spacial score (nSPS) is 14.5. The van der Waals surface area contributed by atoms with Crippen LogP contribution in [0.5, 0.6) is 0 Å². The van der Waals surface area contributed by atoms with E-state index in [1.165, 1.54) is 146 Å². The second-order valence-corrected chi connectivity index (χ2v) is 43.1. The highest BCUT2D eigenvalue weighted by Gasteiger charge is 2.45. The van der Waals surface area contributed by atoms with Gasteiger partial charge in [-0.1, -0.05) is 384 Å². The van der Waals surface area contributed by atoms with Crippen LogP contribution in [0.2, 0.25) is 0 Å². The van der Waals surface area contributed by atoms with Gasteiger partial charge in [-0.05, 0) is 253 Å². The molecule has 0 aromatic heterocycles. The Morgan fingerprint density at radius 2 is 0.427 bits per heavy atom. The maximum Gasteiger partial charge on any atom is 0.299 e. The summed E-state index contributed by atoms with van der Waals surface area (Å²) in [5, 5.41) is 5.32. The summed E-state index contributed by atoms with van der Waals surface area (Å²) in [7, 11) is 0. The molecule has 2 heteroatoms. The molecule has 0 unspecified atom stereocenters. The van der Waals surface area contributed by atoms with Crippen molar-refractivity contribution in [3.63, 3.8) is 0 Å². The van der Waals surface area contributed by atoms with Gasteiger partial charge in [0, 0.05) is 17.0 Å². The van der Waals surface area contributed by atoms with Crippen molar-refractivity contribution in [3.8, 4) is 44.5 Å². The summed E-state index contributed by atoms with van der Waals surface area (Å²) in [5.74, 6) is -2.43. The first-order chi connectivity index (χ1) is 50.5. The Bertz CT molecular complexity index is 4930. The first kappa shape index (κ1) is 82.8. The van der Waals surface area contributed by atoms with Gasteiger partial charge >= 0.3 is 0 Å². The van der Waals surface area contributed by atoms with Crippen molar-refractivity contribution in [1.82, 2.24) is 0 Å². The number of benzene rings is 11. The van der Waals surface area contributed by atoms with E-state index >= 15 is 8.78 Å². The number of halogens is 2. The van der Waals surface area contributed by atoms with E-state index < -0.39 is 5.92 Å². The van der Waals surface area contributed by atoms with E-state index in [1.807, 2.05) is 65.8 Å². The van der Waals surface area contributed by atoms with Crippen molar-refractivity contribution in [1.29, 1.82) is 0 Å². The Kier molecular flexibility index (Phi) is 21.9. The molecule has 0 bridgehead atoms. The molecule has 11 aromatic rings. The molecule has 0 fully saturated rings. The predicted octanol–water partition coefficient (Wildman–Crippen LogP) is 31.3. The van der Waals surface area contributed by atoms with Gasteiger partial charge < -0.3 is 0 Å². The van der Waals surface area contributed by atoms with E-state index in [4.69, 9.17) is 0 Å². The fourth-order valence-corrected chi connectivity index (χ4v) is 16.0. The minimum atomic E-state index is -2.92. The third-order valence-corrected chi connectivity index (χ3v) is 23.8. The van der Waals surface area contributed by atoms with Gasteiger partial charge in [0.15, 0.2) is 0 Å². The average Bonchev–Trinajstić information content (AvgIpc) is 1.61. The molecular formula is C108H132F2.